The number of aromatic nitrogens is 2. The summed E-state index contributed by atoms with van der Waals surface area (Å²) in [5.41, 5.74) is 2.11. The maximum Gasteiger partial charge on any atom is 0.326 e. The van der Waals surface area contributed by atoms with Gasteiger partial charge >= 0.3 is 5.97 Å². The van der Waals surface area contributed by atoms with Crippen molar-refractivity contribution in [3.8, 4) is 22.8 Å². The van der Waals surface area contributed by atoms with Crippen molar-refractivity contribution in [3.63, 3.8) is 0 Å². The Kier molecular flexibility index (Phi) is 7.57. The van der Waals surface area contributed by atoms with E-state index in [2.05, 4.69) is 10.6 Å². The van der Waals surface area contributed by atoms with Gasteiger partial charge in [0.25, 0.3) is 5.91 Å². The zero-order valence-electron chi connectivity index (χ0n) is 21.3. The highest BCUT2D eigenvalue weighted by atomic mass is 16.5. The van der Waals surface area contributed by atoms with E-state index in [1.807, 2.05) is 50.3 Å². The number of rotatable bonds is 9. The maximum absolute atomic E-state index is 12.9. The molecule has 0 aliphatic carbocycles. The smallest absolute Gasteiger partial charge is 0.326 e. The number of carboxylic acids is 1. The van der Waals surface area contributed by atoms with Crippen molar-refractivity contribution in [1.82, 2.24) is 14.7 Å². The molecule has 2 aromatic heterocycles. The first-order valence-corrected chi connectivity index (χ1v) is 11.6. The number of carboxylic acid groups (broad SMARTS) is 1. The zero-order chi connectivity index (χ0) is 25.9. The minimum Gasteiger partial charge on any atom is -0.493 e. The number of fused-ring (bicyclic) bond motifs is 1. The van der Waals surface area contributed by atoms with E-state index in [0.717, 1.165) is 11.4 Å². The van der Waals surface area contributed by atoms with Gasteiger partial charge in [-0.2, -0.15) is 0 Å². The predicted molar refractivity (Wildman–Crippen MR) is 135 cm³/mol. The summed E-state index contributed by atoms with van der Waals surface area (Å²) < 4.78 is 12.7. The molecule has 3 aromatic rings. The first kappa shape index (κ1) is 25.9. The lowest BCUT2D eigenvalue weighted by molar-refractivity contribution is -0.140. The highest BCUT2D eigenvalue weighted by Gasteiger charge is 2.26. The number of nitrogens with one attached hydrogen (secondary N) is 2. The summed E-state index contributed by atoms with van der Waals surface area (Å²) in [5.74, 6) is 0.232. The zero-order valence-corrected chi connectivity index (χ0v) is 21.3. The van der Waals surface area contributed by atoms with Crippen LogP contribution in [0.25, 0.3) is 16.9 Å². The van der Waals surface area contributed by atoms with Crippen molar-refractivity contribution in [1.29, 1.82) is 0 Å². The SMILES string of the molecule is CCC(C)C(NC(=O)c1ccn2c(NC(C)(C)C)c(-c3ccc(OC)c(OC)c3)nc2c1)C(=O)O. The lowest BCUT2D eigenvalue weighted by atomic mass is 9.99. The monoisotopic (exact) mass is 482 g/mol. The number of pyridine rings is 1. The molecule has 0 fully saturated rings. The Bertz CT molecular complexity index is 1230. The van der Waals surface area contributed by atoms with Gasteiger partial charge in [-0.05, 0) is 57.0 Å². The number of aliphatic carboxylic acids is 1. The fraction of sp³-hybridized carbons (Fsp3) is 0.423. The highest BCUT2D eigenvalue weighted by molar-refractivity contribution is 5.97. The first-order valence-electron chi connectivity index (χ1n) is 11.6. The summed E-state index contributed by atoms with van der Waals surface area (Å²) in [7, 11) is 3.16. The molecule has 9 heteroatoms. The summed E-state index contributed by atoms with van der Waals surface area (Å²) in [6.07, 6.45) is 2.39. The molecule has 9 nitrogen and oxygen atoms in total. The molecular weight excluding hydrogens is 448 g/mol. The van der Waals surface area contributed by atoms with E-state index in [0.29, 0.717) is 34.8 Å². The first-order chi connectivity index (χ1) is 16.5. The summed E-state index contributed by atoms with van der Waals surface area (Å²) >= 11 is 0. The number of nitrogens with zero attached hydrogens (tertiary/aromatic N) is 2. The third kappa shape index (κ3) is 5.67. The van der Waals surface area contributed by atoms with Crippen LogP contribution < -0.4 is 20.1 Å². The number of benzene rings is 1. The Balaban J connectivity index is 2.08. The molecule has 2 unspecified atom stereocenters. The van der Waals surface area contributed by atoms with Gasteiger partial charge in [0.15, 0.2) is 11.5 Å². The van der Waals surface area contributed by atoms with E-state index in [1.165, 1.54) is 0 Å². The van der Waals surface area contributed by atoms with Crippen molar-refractivity contribution in [3.05, 3.63) is 42.1 Å². The number of imidazole rings is 1. The second-order valence-electron chi connectivity index (χ2n) is 9.57. The van der Waals surface area contributed by atoms with Crippen LogP contribution in [0.15, 0.2) is 36.5 Å². The molecule has 0 radical (unpaired) electrons. The molecule has 0 bridgehead atoms. The van der Waals surface area contributed by atoms with Crippen molar-refractivity contribution >= 4 is 23.3 Å². The molecule has 2 atom stereocenters. The van der Waals surface area contributed by atoms with E-state index >= 15 is 0 Å². The topological polar surface area (TPSA) is 114 Å². The number of methoxy groups -OCH3 is 2. The van der Waals surface area contributed by atoms with Crippen molar-refractivity contribution in [2.75, 3.05) is 19.5 Å². The minimum absolute atomic E-state index is 0.203. The van der Waals surface area contributed by atoms with E-state index in [-0.39, 0.29) is 11.5 Å². The number of carbonyl (C=O) groups is 2. The molecule has 0 aliphatic rings. The number of anilines is 1. The summed E-state index contributed by atoms with van der Waals surface area (Å²) in [5, 5.41) is 15.7. The number of ether oxygens (including phenoxy) is 2. The molecule has 0 saturated carbocycles. The highest BCUT2D eigenvalue weighted by Crippen LogP contribution is 2.36. The van der Waals surface area contributed by atoms with Crippen LogP contribution in [0.4, 0.5) is 5.82 Å². The van der Waals surface area contributed by atoms with Gasteiger partial charge in [0, 0.05) is 22.9 Å². The van der Waals surface area contributed by atoms with Crippen LogP contribution in [0.1, 0.15) is 51.4 Å². The molecule has 0 saturated heterocycles. The lowest BCUT2D eigenvalue weighted by Crippen LogP contribution is -2.45. The molecule has 1 aromatic carbocycles. The maximum atomic E-state index is 12.9. The van der Waals surface area contributed by atoms with Gasteiger partial charge in [0.2, 0.25) is 0 Å². The lowest BCUT2D eigenvalue weighted by Gasteiger charge is -2.23. The van der Waals surface area contributed by atoms with E-state index in [1.54, 1.807) is 39.5 Å². The van der Waals surface area contributed by atoms with Gasteiger partial charge < -0.3 is 25.2 Å². The number of carbonyl (C=O) groups excluding carboxylic acids is 1. The molecule has 0 aliphatic heterocycles. The van der Waals surface area contributed by atoms with E-state index < -0.39 is 17.9 Å². The van der Waals surface area contributed by atoms with Crippen LogP contribution in [0.2, 0.25) is 0 Å². The Labute approximate surface area is 205 Å². The van der Waals surface area contributed by atoms with Crippen LogP contribution in [0.5, 0.6) is 11.5 Å². The van der Waals surface area contributed by atoms with Crippen molar-refractivity contribution in [2.24, 2.45) is 5.92 Å². The van der Waals surface area contributed by atoms with Crippen LogP contribution in [-0.2, 0) is 4.79 Å². The predicted octanol–water partition coefficient (Wildman–Crippen LogP) is 4.46. The largest absolute Gasteiger partial charge is 0.493 e. The van der Waals surface area contributed by atoms with Crippen LogP contribution in [0, 0.1) is 5.92 Å². The van der Waals surface area contributed by atoms with Crippen LogP contribution >= 0.6 is 0 Å². The van der Waals surface area contributed by atoms with Gasteiger partial charge in [-0.3, -0.25) is 9.20 Å². The Hall–Kier alpha value is -3.75. The Morgan fingerprint density at radius 1 is 1.11 bits per heavy atom. The number of hydrogen-bond donors (Lipinski definition) is 3. The van der Waals surface area contributed by atoms with E-state index in [9.17, 15) is 14.7 Å². The van der Waals surface area contributed by atoms with Gasteiger partial charge in [-0.1, -0.05) is 20.3 Å². The second-order valence-corrected chi connectivity index (χ2v) is 9.57. The number of hydrogen-bond acceptors (Lipinski definition) is 6. The second kappa shape index (κ2) is 10.2. The molecule has 2 heterocycles. The quantitative estimate of drug-likeness (QED) is 0.413. The van der Waals surface area contributed by atoms with Crippen molar-refractivity contribution in [2.45, 2.75) is 52.6 Å². The normalized spacial score (nSPS) is 13.2. The third-order valence-corrected chi connectivity index (χ3v) is 5.80. The molecule has 188 valence electrons. The molecule has 3 rings (SSSR count). The van der Waals surface area contributed by atoms with Gasteiger partial charge in [0.1, 0.15) is 23.2 Å². The minimum atomic E-state index is -1.05. The molecule has 35 heavy (non-hydrogen) atoms. The standard InChI is InChI=1S/C26H34N4O5/c1-8-15(2)21(25(32)33)28-24(31)17-11-12-30-20(14-17)27-22(23(30)29-26(3,4)5)16-9-10-18(34-6)19(13-16)35-7/h9-15,21,29H,8H2,1-7H3,(H,28,31)(H,32,33). The van der Waals surface area contributed by atoms with Crippen LogP contribution in [-0.4, -0.2) is 52.2 Å². The number of amides is 1. The van der Waals surface area contributed by atoms with Gasteiger partial charge in [0.05, 0.1) is 14.2 Å². The molecule has 0 spiro atoms. The van der Waals surface area contributed by atoms with E-state index in [4.69, 9.17) is 14.5 Å². The van der Waals surface area contributed by atoms with Gasteiger partial charge in [-0.25, -0.2) is 9.78 Å². The Morgan fingerprint density at radius 2 is 1.80 bits per heavy atom. The fourth-order valence-corrected chi connectivity index (χ4v) is 3.75. The van der Waals surface area contributed by atoms with Crippen molar-refractivity contribution < 1.29 is 24.2 Å². The average Bonchev–Trinajstić information content (AvgIpc) is 3.17. The Morgan fingerprint density at radius 3 is 2.37 bits per heavy atom. The third-order valence-electron chi connectivity index (χ3n) is 5.80. The summed E-state index contributed by atoms with van der Waals surface area (Å²) in [6.45, 7) is 9.84. The molecule has 1 amide bonds. The average molecular weight is 483 g/mol. The summed E-state index contributed by atoms with van der Waals surface area (Å²) in [6, 6.07) is 7.91. The van der Waals surface area contributed by atoms with Gasteiger partial charge in [-0.15, -0.1) is 0 Å². The molecular formula is C26H34N4O5. The van der Waals surface area contributed by atoms with Crippen LogP contribution in [0.3, 0.4) is 0 Å². The summed E-state index contributed by atoms with van der Waals surface area (Å²) in [4.78, 5) is 29.4. The fourth-order valence-electron chi connectivity index (χ4n) is 3.75. The molecule has 3 N–H and O–H groups in total.